The van der Waals surface area contributed by atoms with E-state index in [1.165, 1.54) is 18.9 Å². The average Bonchev–Trinajstić information content (AvgIpc) is 3.16. The maximum absolute atomic E-state index is 13.1. The number of hydrogen-bond acceptors (Lipinski definition) is 4. The molecule has 7 heteroatoms. The second-order valence-electron chi connectivity index (χ2n) is 8.60. The largest absolute Gasteiger partial charge is 0.480 e. The lowest BCUT2D eigenvalue weighted by molar-refractivity contribution is -0.153. The number of aliphatic carboxylic acids is 1. The van der Waals surface area contributed by atoms with E-state index in [1.54, 1.807) is 0 Å². The van der Waals surface area contributed by atoms with Crippen LogP contribution in [-0.4, -0.2) is 54.2 Å². The highest BCUT2D eigenvalue weighted by Gasteiger charge is 2.40. The van der Waals surface area contributed by atoms with Crippen molar-refractivity contribution in [3.8, 4) is 11.1 Å². The molecule has 7 nitrogen and oxygen atoms in total. The SMILES string of the molecule is CCC(CC)(CNC(=O)OCC1c2ccccc2-c2ccccc21)C(=O)N(C)[C@@H](C)C(=O)O. The van der Waals surface area contributed by atoms with Crippen molar-refractivity contribution >= 4 is 18.0 Å². The van der Waals surface area contributed by atoms with Gasteiger partial charge in [0.2, 0.25) is 5.91 Å². The third kappa shape index (κ3) is 4.72. The minimum Gasteiger partial charge on any atom is -0.480 e. The van der Waals surface area contributed by atoms with Gasteiger partial charge < -0.3 is 20.1 Å². The molecule has 0 unspecified atom stereocenters. The number of benzene rings is 2. The second-order valence-corrected chi connectivity index (χ2v) is 8.60. The maximum atomic E-state index is 13.1. The van der Waals surface area contributed by atoms with E-state index in [9.17, 15) is 19.5 Å². The molecule has 0 bridgehead atoms. The van der Waals surface area contributed by atoms with Gasteiger partial charge in [-0.15, -0.1) is 0 Å². The number of carboxylic acids is 1. The first-order valence-electron chi connectivity index (χ1n) is 11.3. The summed E-state index contributed by atoms with van der Waals surface area (Å²) in [5.41, 5.74) is 3.66. The van der Waals surface area contributed by atoms with Gasteiger partial charge in [0.1, 0.15) is 12.6 Å². The van der Waals surface area contributed by atoms with Crippen LogP contribution in [0, 0.1) is 5.41 Å². The van der Waals surface area contributed by atoms with Gasteiger partial charge in [-0.05, 0) is 42.0 Å². The van der Waals surface area contributed by atoms with Gasteiger partial charge in [-0.1, -0.05) is 62.4 Å². The molecule has 2 aromatic carbocycles. The predicted molar refractivity (Wildman–Crippen MR) is 126 cm³/mol. The molecule has 0 aliphatic heterocycles. The fraction of sp³-hybridized carbons (Fsp3) is 0.423. The summed E-state index contributed by atoms with van der Waals surface area (Å²) in [6.07, 6.45) is 0.329. The molecular weight excluding hydrogens is 420 g/mol. The van der Waals surface area contributed by atoms with E-state index in [2.05, 4.69) is 29.6 Å². The highest BCUT2D eigenvalue weighted by molar-refractivity contribution is 5.87. The normalized spacial score (nSPS) is 13.6. The quantitative estimate of drug-likeness (QED) is 0.593. The number of carbonyl (C=O) groups is 3. The Labute approximate surface area is 194 Å². The lowest BCUT2D eigenvalue weighted by atomic mass is 9.80. The van der Waals surface area contributed by atoms with E-state index < -0.39 is 23.5 Å². The molecule has 2 aromatic rings. The Morgan fingerprint density at radius 3 is 2.03 bits per heavy atom. The number of amides is 2. The molecule has 2 amide bonds. The zero-order valence-corrected chi connectivity index (χ0v) is 19.6. The first kappa shape index (κ1) is 24.3. The Kier molecular flexibility index (Phi) is 7.41. The Morgan fingerprint density at radius 2 is 1.55 bits per heavy atom. The van der Waals surface area contributed by atoms with Crippen molar-refractivity contribution in [2.24, 2.45) is 5.41 Å². The number of ether oxygens (including phenoxy) is 1. The standard InChI is InChI=1S/C26H32N2O5/c1-5-26(6-2,24(31)28(4)17(3)23(29)30)16-27-25(32)33-15-22-20-13-9-7-11-18(20)19-12-8-10-14-21(19)22/h7-14,17,22H,5-6,15-16H2,1-4H3,(H,27,32)(H,29,30)/t17-/m0/s1. The van der Waals surface area contributed by atoms with Gasteiger partial charge in [0.05, 0.1) is 5.41 Å². The van der Waals surface area contributed by atoms with Gasteiger partial charge in [0, 0.05) is 19.5 Å². The molecule has 1 aliphatic rings. The Morgan fingerprint density at radius 1 is 1.03 bits per heavy atom. The zero-order chi connectivity index (χ0) is 24.2. The summed E-state index contributed by atoms with van der Waals surface area (Å²) >= 11 is 0. The van der Waals surface area contributed by atoms with Crippen LogP contribution in [0.3, 0.4) is 0 Å². The monoisotopic (exact) mass is 452 g/mol. The number of carboxylic acid groups (broad SMARTS) is 1. The maximum Gasteiger partial charge on any atom is 0.407 e. The van der Waals surface area contributed by atoms with Crippen LogP contribution in [0.15, 0.2) is 48.5 Å². The van der Waals surface area contributed by atoms with Crippen LogP contribution in [0.25, 0.3) is 11.1 Å². The van der Waals surface area contributed by atoms with E-state index >= 15 is 0 Å². The molecule has 0 fully saturated rings. The third-order valence-electron chi connectivity index (χ3n) is 6.98. The van der Waals surface area contributed by atoms with Crippen molar-refractivity contribution in [3.05, 3.63) is 59.7 Å². The van der Waals surface area contributed by atoms with Crippen molar-refractivity contribution in [1.82, 2.24) is 10.2 Å². The fourth-order valence-corrected chi connectivity index (χ4v) is 4.48. The summed E-state index contributed by atoms with van der Waals surface area (Å²) in [6.45, 7) is 5.45. The van der Waals surface area contributed by atoms with Crippen LogP contribution in [0.2, 0.25) is 0 Å². The van der Waals surface area contributed by atoms with E-state index in [4.69, 9.17) is 4.74 Å². The van der Waals surface area contributed by atoms with Gasteiger partial charge in [0.15, 0.2) is 0 Å². The van der Waals surface area contributed by atoms with Crippen molar-refractivity contribution in [2.45, 2.75) is 45.6 Å². The zero-order valence-electron chi connectivity index (χ0n) is 19.6. The van der Waals surface area contributed by atoms with Gasteiger partial charge in [0.25, 0.3) is 0 Å². The second kappa shape index (κ2) is 10.1. The highest BCUT2D eigenvalue weighted by atomic mass is 16.5. The van der Waals surface area contributed by atoms with Crippen LogP contribution in [0.4, 0.5) is 4.79 Å². The van der Waals surface area contributed by atoms with E-state index in [-0.39, 0.29) is 25.0 Å². The number of fused-ring (bicyclic) bond motifs is 3. The third-order valence-corrected chi connectivity index (χ3v) is 6.98. The van der Waals surface area contributed by atoms with Crippen LogP contribution < -0.4 is 5.32 Å². The van der Waals surface area contributed by atoms with Gasteiger partial charge in [-0.2, -0.15) is 0 Å². The molecule has 0 heterocycles. The van der Waals surface area contributed by atoms with E-state index in [0.29, 0.717) is 12.8 Å². The van der Waals surface area contributed by atoms with E-state index in [1.807, 2.05) is 38.1 Å². The summed E-state index contributed by atoms with van der Waals surface area (Å²) in [6, 6.07) is 15.3. The van der Waals surface area contributed by atoms with Crippen LogP contribution in [0.1, 0.15) is 50.7 Å². The van der Waals surface area contributed by atoms with Crippen LogP contribution in [0.5, 0.6) is 0 Å². The number of alkyl carbamates (subject to hydrolysis) is 1. The van der Waals surface area contributed by atoms with Gasteiger partial charge in [-0.3, -0.25) is 4.79 Å². The number of hydrogen-bond donors (Lipinski definition) is 2. The van der Waals surface area contributed by atoms with Gasteiger partial charge >= 0.3 is 12.1 Å². The predicted octanol–water partition coefficient (Wildman–Crippen LogP) is 4.26. The number of nitrogens with one attached hydrogen (secondary N) is 1. The molecule has 33 heavy (non-hydrogen) atoms. The highest BCUT2D eigenvalue weighted by Crippen LogP contribution is 2.44. The van der Waals surface area contributed by atoms with E-state index in [0.717, 1.165) is 22.3 Å². The minimum atomic E-state index is -1.07. The molecule has 1 aliphatic carbocycles. The molecular formula is C26H32N2O5. The molecule has 0 saturated heterocycles. The smallest absolute Gasteiger partial charge is 0.407 e. The van der Waals surface area contributed by atoms with Crippen LogP contribution >= 0.6 is 0 Å². The average molecular weight is 453 g/mol. The van der Waals surface area contributed by atoms with Gasteiger partial charge in [-0.25, -0.2) is 9.59 Å². The molecule has 0 spiro atoms. The number of carbonyl (C=O) groups excluding carboxylic acids is 2. The molecule has 1 atom stereocenters. The lowest BCUT2D eigenvalue weighted by Crippen LogP contribution is -2.52. The van der Waals surface area contributed by atoms with Crippen molar-refractivity contribution in [2.75, 3.05) is 20.2 Å². The van der Waals surface area contributed by atoms with Crippen molar-refractivity contribution in [3.63, 3.8) is 0 Å². The molecule has 176 valence electrons. The minimum absolute atomic E-state index is 0.0468. The first-order valence-corrected chi connectivity index (χ1v) is 11.3. The topological polar surface area (TPSA) is 95.9 Å². The van der Waals surface area contributed by atoms with Crippen LogP contribution in [-0.2, 0) is 14.3 Å². The number of likely N-dealkylation sites (N-methyl/N-ethyl adjacent to an activating group) is 1. The molecule has 2 N–H and O–H groups in total. The Hall–Kier alpha value is -3.35. The summed E-state index contributed by atoms with van der Waals surface area (Å²) in [7, 11) is 1.48. The Balaban J connectivity index is 1.66. The fourth-order valence-electron chi connectivity index (χ4n) is 4.48. The number of rotatable bonds is 9. The molecule has 0 aromatic heterocycles. The molecule has 0 radical (unpaired) electrons. The summed E-state index contributed by atoms with van der Waals surface area (Å²) < 4.78 is 5.58. The van der Waals surface area contributed by atoms with Crippen molar-refractivity contribution < 1.29 is 24.2 Å². The lowest BCUT2D eigenvalue weighted by Gasteiger charge is -2.35. The number of nitrogens with zero attached hydrogens (tertiary/aromatic N) is 1. The summed E-state index contributed by atoms with van der Waals surface area (Å²) in [5.74, 6) is -1.42. The first-order chi connectivity index (χ1) is 15.8. The molecule has 0 saturated carbocycles. The van der Waals surface area contributed by atoms with Crippen molar-refractivity contribution in [1.29, 1.82) is 0 Å². The molecule has 3 rings (SSSR count). The Bertz CT molecular complexity index is 985. The summed E-state index contributed by atoms with van der Waals surface area (Å²) in [5, 5.41) is 12.0. The summed E-state index contributed by atoms with van der Waals surface area (Å²) in [4.78, 5) is 38.2.